The van der Waals surface area contributed by atoms with Crippen LogP contribution in [0.15, 0.2) is 0 Å². The van der Waals surface area contributed by atoms with Crippen molar-refractivity contribution in [2.75, 3.05) is 6.54 Å². The average Bonchev–Trinajstić information content (AvgIpc) is 3.13. The van der Waals surface area contributed by atoms with Gasteiger partial charge in [-0.1, -0.05) is 0 Å². The predicted molar refractivity (Wildman–Crippen MR) is 62.1 cm³/mol. The van der Waals surface area contributed by atoms with Crippen LogP contribution in [0.25, 0.3) is 0 Å². The van der Waals surface area contributed by atoms with Gasteiger partial charge in [-0.15, -0.1) is 0 Å². The third-order valence-corrected chi connectivity index (χ3v) is 3.64. The molecule has 1 amide bonds. The number of carboxylic acids is 1. The second kappa shape index (κ2) is 3.83. The fourth-order valence-electron chi connectivity index (χ4n) is 2.50. The van der Waals surface area contributed by atoms with E-state index >= 15 is 0 Å². The third kappa shape index (κ3) is 1.68. The van der Waals surface area contributed by atoms with E-state index < -0.39 is 5.97 Å². The van der Waals surface area contributed by atoms with E-state index in [2.05, 4.69) is 4.98 Å². The zero-order valence-corrected chi connectivity index (χ0v) is 10.2. The second-order valence-corrected chi connectivity index (χ2v) is 4.95. The normalized spacial score (nSPS) is 18.6. The quantitative estimate of drug-likeness (QED) is 0.834. The zero-order valence-electron chi connectivity index (χ0n) is 10.2. The smallest absolute Gasteiger partial charge is 0.356 e. The minimum atomic E-state index is -1.02. The van der Waals surface area contributed by atoms with Crippen LogP contribution in [0.1, 0.15) is 34.8 Å². The number of carbonyl (C=O) groups is 2. The van der Waals surface area contributed by atoms with Gasteiger partial charge in [-0.05, 0) is 19.8 Å². The van der Waals surface area contributed by atoms with Gasteiger partial charge in [-0.2, -0.15) is 0 Å². The molecule has 0 atom stereocenters. The van der Waals surface area contributed by atoms with Crippen LogP contribution in [0.4, 0.5) is 0 Å². The predicted octanol–water partition coefficient (Wildman–Crippen LogP) is 0.642. The SMILES string of the molecule is Cc1nc(C(=O)O)c2n1CCN(C(=O)C1CC1)C2. The first-order valence-corrected chi connectivity index (χ1v) is 6.16. The van der Waals surface area contributed by atoms with Crippen molar-refractivity contribution in [3.05, 3.63) is 17.2 Å². The standard InChI is InChI=1S/C12H15N3O3/c1-7-13-10(12(17)18)9-6-14(4-5-15(7)9)11(16)8-2-3-8/h8H,2-6H2,1H3,(H,17,18). The number of aryl methyl sites for hydroxylation is 1. The maximum atomic E-state index is 12.0. The summed E-state index contributed by atoms with van der Waals surface area (Å²) in [7, 11) is 0. The van der Waals surface area contributed by atoms with Crippen molar-refractivity contribution in [2.45, 2.75) is 32.9 Å². The van der Waals surface area contributed by atoms with E-state index in [1.165, 1.54) is 0 Å². The molecule has 1 aliphatic heterocycles. The molecule has 1 N–H and O–H groups in total. The van der Waals surface area contributed by atoms with Gasteiger partial charge in [-0.3, -0.25) is 4.79 Å². The molecule has 1 fully saturated rings. The number of aromatic carboxylic acids is 1. The molecule has 3 rings (SSSR count). The fourth-order valence-corrected chi connectivity index (χ4v) is 2.50. The van der Waals surface area contributed by atoms with Gasteiger partial charge in [0.05, 0.1) is 12.2 Å². The van der Waals surface area contributed by atoms with Gasteiger partial charge in [-0.25, -0.2) is 9.78 Å². The summed E-state index contributed by atoms with van der Waals surface area (Å²) in [4.78, 5) is 29.0. The van der Waals surface area contributed by atoms with Crippen molar-refractivity contribution < 1.29 is 14.7 Å². The first-order valence-electron chi connectivity index (χ1n) is 6.16. The van der Waals surface area contributed by atoms with E-state index in [9.17, 15) is 9.59 Å². The Balaban J connectivity index is 1.90. The molecule has 0 aromatic carbocycles. The number of nitrogens with zero attached hydrogens (tertiary/aromatic N) is 3. The third-order valence-electron chi connectivity index (χ3n) is 3.64. The molecule has 0 radical (unpaired) electrons. The number of hydrogen-bond acceptors (Lipinski definition) is 3. The Labute approximate surface area is 104 Å². The molecule has 18 heavy (non-hydrogen) atoms. The zero-order chi connectivity index (χ0) is 12.9. The van der Waals surface area contributed by atoms with Gasteiger partial charge in [0.2, 0.25) is 5.91 Å². The largest absolute Gasteiger partial charge is 0.476 e. The highest BCUT2D eigenvalue weighted by atomic mass is 16.4. The van der Waals surface area contributed by atoms with E-state index in [0.29, 0.717) is 31.2 Å². The van der Waals surface area contributed by atoms with Crippen LogP contribution in [0, 0.1) is 12.8 Å². The molecule has 96 valence electrons. The molecule has 6 heteroatoms. The summed E-state index contributed by atoms with van der Waals surface area (Å²) < 4.78 is 1.90. The van der Waals surface area contributed by atoms with Gasteiger partial charge >= 0.3 is 5.97 Å². The van der Waals surface area contributed by atoms with E-state index in [0.717, 1.165) is 12.8 Å². The molecule has 0 unspecified atom stereocenters. The number of aromatic nitrogens is 2. The number of rotatable bonds is 2. The molecule has 0 saturated heterocycles. The van der Waals surface area contributed by atoms with Crippen molar-refractivity contribution in [1.82, 2.24) is 14.5 Å². The van der Waals surface area contributed by atoms with Gasteiger partial charge in [0.15, 0.2) is 5.69 Å². The molecule has 2 heterocycles. The summed E-state index contributed by atoms with van der Waals surface area (Å²) in [5.74, 6) is 0.0266. The Hall–Kier alpha value is -1.85. The van der Waals surface area contributed by atoms with Gasteiger partial charge in [0.1, 0.15) is 5.82 Å². The monoisotopic (exact) mass is 249 g/mol. The van der Waals surface area contributed by atoms with Crippen LogP contribution >= 0.6 is 0 Å². The van der Waals surface area contributed by atoms with Crippen molar-refractivity contribution in [3.8, 4) is 0 Å². The summed E-state index contributed by atoms with van der Waals surface area (Å²) in [6.45, 7) is 3.46. The minimum Gasteiger partial charge on any atom is -0.476 e. The van der Waals surface area contributed by atoms with Crippen molar-refractivity contribution >= 4 is 11.9 Å². The van der Waals surface area contributed by atoms with E-state index in [-0.39, 0.29) is 17.5 Å². The Morgan fingerprint density at radius 1 is 1.33 bits per heavy atom. The highest BCUT2D eigenvalue weighted by Gasteiger charge is 2.36. The van der Waals surface area contributed by atoms with Crippen molar-refractivity contribution in [3.63, 3.8) is 0 Å². The molecule has 1 saturated carbocycles. The molecular weight excluding hydrogens is 234 g/mol. The lowest BCUT2D eigenvalue weighted by molar-refractivity contribution is -0.134. The maximum absolute atomic E-state index is 12.0. The second-order valence-electron chi connectivity index (χ2n) is 4.95. The summed E-state index contributed by atoms with van der Waals surface area (Å²) in [6, 6.07) is 0. The van der Waals surface area contributed by atoms with Crippen LogP contribution in [0.5, 0.6) is 0 Å². The van der Waals surface area contributed by atoms with Crippen LogP contribution < -0.4 is 0 Å². The summed E-state index contributed by atoms with van der Waals surface area (Å²) in [5.41, 5.74) is 0.737. The van der Waals surface area contributed by atoms with E-state index in [1.807, 2.05) is 4.57 Å². The number of imidazole rings is 1. The molecule has 2 aliphatic rings. The molecule has 1 aliphatic carbocycles. The fraction of sp³-hybridized carbons (Fsp3) is 0.583. The lowest BCUT2D eigenvalue weighted by atomic mass is 10.2. The Kier molecular flexibility index (Phi) is 2.39. The van der Waals surface area contributed by atoms with E-state index in [1.54, 1.807) is 11.8 Å². The summed E-state index contributed by atoms with van der Waals surface area (Å²) >= 11 is 0. The van der Waals surface area contributed by atoms with Crippen molar-refractivity contribution in [2.24, 2.45) is 5.92 Å². The van der Waals surface area contributed by atoms with Crippen LogP contribution in [-0.2, 0) is 17.9 Å². The van der Waals surface area contributed by atoms with E-state index in [4.69, 9.17) is 5.11 Å². The Bertz CT molecular complexity index is 531. The lowest BCUT2D eigenvalue weighted by Crippen LogP contribution is -2.39. The molecular formula is C12H15N3O3. The molecule has 0 bridgehead atoms. The number of carbonyl (C=O) groups excluding carboxylic acids is 1. The number of hydrogen-bond donors (Lipinski definition) is 1. The minimum absolute atomic E-state index is 0.0841. The van der Waals surface area contributed by atoms with Crippen LogP contribution in [0.2, 0.25) is 0 Å². The highest BCUT2D eigenvalue weighted by molar-refractivity contribution is 5.87. The first kappa shape index (κ1) is 11.3. The molecule has 1 aromatic rings. The molecule has 1 aromatic heterocycles. The molecule has 6 nitrogen and oxygen atoms in total. The number of carboxylic acid groups (broad SMARTS) is 1. The Morgan fingerprint density at radius 3 is 2.67 bits per heavy atom. The lowest BCUT2D eigenvalue weighted by Gasteiger charge is -2.29. The Morgan fingerprint density at radius 2 is 2.06 bits per heavy atom. The van der Waals surface area contributed by atoms with Gasteiger partial charge in [0, 0.05) is 19.0 Å². The first-order chi connectivity index (χ1) is 8.58. The van der Waals surface area contributed by atoms with Crippen LogP contribution in [-0.4, -0.2) is 38.0 Å². The summed E-state index contributed by atoms with van der Waals surface area (Å²) in [5, 5.41) is 9.12. The molecule has 0 spiro atoms. The topological polar surface area (TPSA) is 75.4 Å². The number of fused-ring (bicyclic) bond motifs is 1. The van der Waals surface area contributed by atoms with Gasteiger partial charge in [0.25, 0.3) is 0 Å². The average molecular weight is 249 g/mol. The highest BCUT2D eigenvalue weighted by Crippen LogP contribution is 2.32. The maximum Gasteiger partial charge on any atom is 0.356 e. The van der Waals surface area contributed by atoms with Crippen LogP contribution in [0.3, 0.4) is 0 Å². The number of amides is 1. The summed E-state index contributed by atoms with van der Waals surface area (Å²) in [6.07, 6.45) is 1.94. The van der Waals surface area contributed by atoms with Crippen molar-refractivity contribution in [1.29, 1.82) is 0 Å². The van der Waals surface area contributed by atoms with Gasteiger partial charge < -0.3 is 14.6 Å².